The van der Waals surface area contributed by atoms with Crippen molar-refractivity contribution in [2.45, 2.75) is 26.9 Å². The molecular weight excluding hydrogens is 416 g/mol. The van der Waals surface area contributed by atoms with E-state index in [9.17, 15) is 4.79 Å². The molecule has 1 aromatic carbocycles. The number of benzene rings is 1. The zero-order chi connectivity index (χ0) is 22.9. The molecule has 0 unspecified atom stereocenters. The zero-order valence-corrected chi connectivity index (χ0v) is 18.9. The largest absolute Gasteiger partial charge is 0.368 e. The van der Waals surface area contributed by atoms with Crippen molar-refractivity contribution >= 4 is 28.3 Å². The number of carbonyl (C=O) groups excluding carboxylic acids is 1. The molecule has 0 radical (unpaired) electrons. The van der Waals surface area contributed by atoms with Crippen LogP contribution in [-0.2, 0) is 4.74 Å². The van der Waals surface area contributed by atoms with E-state index in [0.717, 1.165) is 44.9 Å². The lowest BCUT2D eigenvalue weighted by atomic mass is 10.1. The molecule has 0 aliphatic carbocycles. The lowest BCUT2D eigenvalue weighted by Crippen LogP contribution is -2.42. The third-order valence-electron chi connectivity index (χ3n) is 5.85. The summed E-state index contributed by atoms with van der Waals surface area (Å²) in [4.78, 5) is 24.2. The summed E-state index contributed by atoms with van der Waals surface area (Å²) in [5, 5.41) is 11.5. The van der Waals surface area contributed by atoms with E-state index in [2.05, 4.69) is 20.5 Å². The SMILES string of the molecule is Cc1ccc2[nH]nc(C(=O)N3CCO[C@@H](c4cc(Nc5ncccc5C)cc(C)n4)C3)c2c1. The number of carbonyl (C=O) groups is 1. The quantitative estimate of drug-likeness (QED) is 0.491. The van der Waals surface area contributed by atoms with Crippen molar-refractivity contribution in [3.05, 3.63) is 76.9 Å². The van der Waals surface area contributed by atoms with Crippen molar-refractivity contribution in [2.24, 2.45) is 0 Å². The van der Waals surface area contributed by atoms with Gasteiger partial charge in [-0.15, -0.1) is 0 Å². The van der Waals surface area contributed by atoms with Crippen molar-refractivity contribution in [1.29, 1.82) is 0 Å². The van der Waals surface area contributed by atoms with Crippen LogP contribution in [0.4, 0.5) is 11.5 Å². The summed E-state index contributed by atoms with van der Waals surface area (Å²) in [6.07, 6.45) is 1.44. The van der Waals surface area contributed by atoms with Crippen LogP contribution >= 0.6 is 0 Å². The predicted molar refractivity (Wildman–Crippen MR) is 127 cm³/mol. The molecular formula is C25H26N6O2. The molecule has 8 nitrogen and oxygen atoms in total. The highest BCUT2D eigenvalue weighted by molar-refractivity contribution is 6.04. The first-order valence-electron chi connectivity index (χ1n) is 11.0. The molecule has 33 heavy (non-hydrogen) atoms. The van der Waals surface area contributed by atoms with Crippen LogP contribution in [0.5, 0.6) is 0 Å². The third kappa shape index (κ3) is 4.29. The van der Waals surface area contributed by atoms with E-state index in [-0.39, 0.29) is 12.0 Å². The van der Waals surface area contributed by atoms with Gasteiger partial charge in [-0.05, 0) is 56.7 Å². The van der Waals surface area contributed by atoms with E-state index in [1.165, 1.54) is 0 Å². The Morgan fingerprint density at radius 3 is 2.91 bits per heavy atom. The van der Waals surface area contributed by atoms with Gasteiger partial charge in [0.1, 0.15) is 11.9 Å². The Labute approximate surface area is 192 Å². The number of hydrogen-bond acceptors (Lipinski definition) is 6. The van der Waals surface area contributed by atoms with Crippen molar-refractivity contribution in [2.75, 3.05) is 25.0 Å². The van der Waals surface area contributed by atoms with Crippen molar-refractivity contribution < 1.29 is 9.53 Å². The first kappa shape index (κ1) is 21.1. The molecule has 0 saturated carbocycles. The number of morpholine rings is 1. The van der Waals surface area contributed by atoms with Gasteiger partial charge in [-0.3, -0.25) is 14.9 Å². The minimum absolute atomic E-state index is 0.102. The van der Waals surface area contributed by atoms with Gasteiger partial charge in [0.05, 0.1) is 24.4 Å². The summed E-state index contributed by atoms with van der Waals surface area (Å²) in [6.45, 7) is 7.34. The Kier molecular flexibility index (Phi) is 5.51. The molecule has 1 saturated heterocycles. The normalized spacial score (nSPS) is 16.2. The summed E-state index contributed by atoms with van der Waals surface area (Å²) in [6, 6.07) is 13.8. The van der Waals surface area contributed by atoms with Gasteiger partial charge in [-0.25, -0.2) is 4.98 Å². The standard InChI is InChI=1S/C25H26N6O2/c1-15-6-7-20-19(11-15)23(30-29-20)25(32)31-9-10-33-22(14-31)21-13-18(12-17(3)27-21)28-24-16(2)5-4-8-26-24/h4-8,11-13,22H,9-10,14H2,1-3H3,(H,29,30)(H,26,27,28)/t22-/m1/s1. The van der Waals surface area contributed by atoms with E-state index in [0.29, 0.717) is 25.4 Å². The Morgan fingerprint density at radius 2 is 2.06 bits per heavy atom. The monoisotopic (exact) mass is 442 g/mol. The molecule has 1 atom stereocenters. The molecule has 8 heteroatoms. The number of hydrogen-bond donors (Lipinski definition) is 2. The van der Waals surface area contributed by atoms with Gasteiger partial charge in [-0.2, -0.15) is 5.10 Å². The van der Waals surface area contributed by atoms with E-state index < -0.39 is 0 Å². The molecule has 0 spiro atoms. The Hall–Kier alpha value is -3.78. The van der Waals surface area contributed by atoms with Gasteiger partial charge in [0.15, 0.2) is 5.69 Å². The van der Waals surface area contributed by atoms with Crippen LogP contribution in [0.15, 0.2) is 48.7 Å². The van der Waals surface area contributed by atoms with Crippen molar-refractivity contribution in [3.63, 3.8) is 0 Å². The number of anilines is 2. The Bertz CT molecular complexity index is 1330. The van der Waals surface area contributed by atoms with E-state index in [4.69, 9.17) is 9.72 Å². The molecule has 1 fully saturated rings. The molecule has 168 valence electrons. The molecule has 1 amide bonds. The average molecular weight is 443 g/mol. The van der Waals surface area contributed by atoms with E-state index in [1.807, 2.05) is 63.2 Å². The van der Waals surface area contributed by atoms with Crippen LogP contribution < -0.4 is 5.32 Å². The maximum atomic E-state index is 13.3. The number of nitrogens with zero attached hydrogens (tertiary/aromatic N) is 4. The highest BCUT2D eigenvalue weighted by atomic mass is 16.5. The van der Waals surface area contributed by atoms with Gasteiger partial charge >= 0.3 is 0 Å². The molecule has 3 aromatic heterocycles. The maximum absolute atomic E-state index is 13.3. The number of rotatable bonds is 4. The van der Waals surface area contributed by atoms with Crippen LogP contribution in [0.25, 0.3) is 10.9 Å². The predicted octanol–water partition coefficient (Wildman–Crippen LogP) is 4.24. The van der Waals surface area contributed by atoms with E-state index >= 15 is 0 Å². The second-order valence-corrected chi connectivity index (χ2v) is 8.45. The fraction of sp³-hybridized carbons (Fsp3) is 0.280. The maximum Gasteiger partial charge on any atom is 0.275 e. The molecule has 5 rings (SSSR count). The highest BCUT2D eigenvalue weighted by Gasteiger charge is 2.29. The van der Waals surface area contributed by atoms with Crippen LogP contribution in [0.2, 0.25) is 0 Å². The molecule has 1 aliphatic heterocycles. The minimum Gasteiger partial charge on any atom is -0.368 e. The third-order valence-corrected chi connectivity index (χ3v) is 5.85. The smallest absolute Gasteiger partial charge is 0.275 e. The van der Waals surface area contributed by atoms with Gasteiger partial charge < -0.3 is 15.0 Å². The second kappa shape index (κ2) is 8.63. The zero-order valence-electron chi connectivity index (χ0n) is 18.9. The number of ether oxygens (including phenoxy) is 1. The summed E-state index contributed by atoms with van der Waals surface area (Å²) in [7, 11) is 0. The van der Waals surface area contributed by atoms with Gasteiger partial charge in [-0.1, -0.05) is 17.7 Å². The van der Waals surface area contributed by atoms with Gasteiger partial charge in [0.2, 0.25) is 0 Å². The average Bonchev–Trinajstić information content (AvgIpc) is 3.23. The number of amides is 1. The summed E-state index contributed by atoms with van der Waals surface area (Å²) in [5.41, 5.74) is 5.98. The van der Waals surface area contributed by atoms with Crippen LogP contribution in [0, 0.1) is 20.8 Å². The summed E-state index contributed by atoms with van der Waals surface area (Å²) in [5.74, 6) is 0.700. The number of H-pyrrole nitrogens is 1. The lowest BCUT2D eigenvalue weighted by molar-refractivity contribution is -0.0248. The lowest BCUT2D eigenvalue weighted by Gasteiger charge is -2.32. The minimum atomic E-state index is -0.320. The number of aryl methyl sites for hydroxylation is 3. The van der Waals surface area contributed by atoms with Crippen LogP contribution in [-0.4, -0.2) is 50.7 Å². The molecule has 4 heterocycles. The summed E-state index contributed by atoms with van der Waals surface area (Å²) >= 11 is 0. The molecule has 2 N–H and O–H groups in total. The molecule has 4 aromatic rings. The number of aromatic amines is 1. The number of fused-ring (bicyclic) bond motifs is 1. The highest BCUT2D eigenvalue weighted by Crippen LogP contribution is 2.27. The number of nitrogens with one attached hydrogen (secondary N) is 2. The number of pyridine rings is 2. The van der Waals surface area contributed by atoms with Gasteiger partial charge in [0.25, 0.3) is 5.91 Å². The second-order valence-electron chi connectivity index (χ2n) is 8.45. The Balaban J connectivity index is 1.38. The first-order chi connectivity index (χ1) is 16.0. The van der Waals surface area contributed by atoms with Crippen molar-refractivity contribution in [1.82, 2.24) is 25.1 Å². The number of aromatic nitrogens is 4. The van der Waals surface area contributed by atoms with E-state index in [1.54, 1.807) is 11.1 Å². The molecule has 0 bridgehead atoms. The first-order valence-corrected chi connectivity index (χ1v) is 11.0. The summed E-state index contributed by atoms with van der Waals surface area (Å²) < 4.78 is 6.02. The van der Waals surface area contributed by atoms with Crippen LogP contribution in [0.3, 0.4) is 0 Å². The fourth-order valence-corrected chi connectivity index (χ4v) is 4.14. The Morgan fingerprint density at radius 1 is 1.18 bits per heavy atom. The fourth-order valence-electron chi connectivity index (χ4n) is 4.14. The van der Waals surface area contributed by atoms with Crippen molar-refractivity contribution in [3.8, 4) is 0 Å². The van der Waals surface area contributed by atoms with Crippen LogP contribution in [0.1, 0.15) is 39.1 Å². The van der Waals surface area contributed by atoms with Gasteiger partial charge in [0, 0.05) is 29.5 Å². The molecule has 1 aliphatic rings. The topological polar surface area (TPSA) is 96.0 Å².